The number of hydrogen-bond acceptors (Lipinski definition) is 1. The summed E-state index contributed by atoms with van der Waals surface area (Å²) in [6.07, 6.45) is 5.98. The second-order valence-electron chi connectivity index (χ2n) is 8.32. The normalized spacial score (nSPS) is 10.6. The first-order chi connectivity index (χ1) is 10.2. The average molecular weight is 330 g/mol. The predicted molar refractivity (Wildman–Crippen MR) is 110 cm³/mol. The van der Waals surface area contributed by atoms with Crippen LogP contribution in [0.3, 0.4) is 0 Å². The van der Waals surface area contributed by atoms with Crippen molar-refractivity contribution in [3.05, 3.63) is 66.0 Å². The van der Waals surface area contributed by atoms with Crippen LogP contribution < -0.4 is 0 Å². The molecule has 1 heteroatoms. The van der Waals surface area contributed by atoms with Gasteiger partial charge in [0, 0.05) is 12.4 Å². The number of hydrogen-bond donors (Lipinski definition) is 0. The number of pyridine rings is 1. The lowest BCUT2D eigenvalue weighted by Gasteiger charge is -2.17. The summed E-state index contributed by atoms with van der Waals surface area (Å²) in [4.78, 5) is 3.98. The Morgan fingerprint density at radius 2 is 1.00 bits per heavy atom. The third-order valence-electron chi connectivity index (χ3n) is 3.06. The quantitative estimate of drug-likeness (QED) is 0.567. The van der Waals surface area contributed by atoms with Crippen LogP contribution in [0.1, 0.15) is 67.5 Å². The molecule has 1 aromatic carbocycles. The number of nitrogens with zero attached hydrogens (tertiary/aromatic N) is 1. The average Bonchev–Trinajstić information content (AvgIpc) is 2.38. The molecule has 0 aliphatic rings. The highest BCUT2D eigenvalue weighted by molar-refractivity contribution is 5.15. The molecule has 2 rings (SSSR count). The van der Waals surface area contributed by atoms with Crippen LogP contribution in [-0.2, 0) is 12.8 Å². The highest BCUT2D eigenvalue weighted by atomic mass is 14.6. The van der Waals surface area contributed by atoms with E-state index in [1.54, 1.807) is 0 Å². The molecule has 2 aromatic rings. The van der Waals surface area contributed by atoms with Gasteiger partial charge in [0.15, 0.2) is 0 Å². The molecule has 0 spiro atoms. The summed E-state index contributed by atoms with van der Waals surface area (Å²) >= 11 is 0. The maximum absolute atomic E-state index is 3.98. The predicted octanol–water partition coefficient (Wildman–Crippen LogP) is 7.22. The molecule has 0 saturated heterocycles. The van der Waals surface area contributed by atoms with E-state index in [2.05, 4.69) is 89.0 Å². The third-order valence-corrected chi connectivity index (χ3v) is 3.06. The van der Waals surface area contributed by atoms with Crippen molar-refractivity contribution in [2.45, 2.75) is 69.2 Å². The third kappa shape index (κ3) is 12.9. The van der Waals surface area contributed by atoms with E-state index in [9.17, 15) is 0 Å². The van der Waals surface area contributed by atoms with Gasteiger partial charge < -0.3 is 0 Å². The van der Waals surface area contributed by atoms with E-state index in [-0.39, 0.29) is 14.9 Å². The molecule has 1 nitrogen and oxygen atoms in total. The molecule has 0 aliphatic carbocycles. The fraction of sp³-hybridized carbons (Fsp3) is 0.522. The fourth-order valence-electron chi connectivity index (χ4n) is 2.32. The molecule has 0 radical (unpaired) electrons. The Morgan fingerprint density at radius 3 is 1.38 bits per heavy atom. The summed E-state index contributed by atoms with van der Waals surface area (Å²) in [5.74, 6) is 0. The van der Waals surface area contributed by atoms with Gasteiger partial charge in [-0.25, -0.2) is 0 Å². The van der Waals surface area contributed by atoms with E-state index in [0.717, 1.165) is 12.8 Å². The van der Waals surface area contributed by atoms with Gasteiger partial charge in [0.1, 0.15) is 0 Å². The summed E-state index contributed by atoms with van der Waals surface area (Å²) < 4.78 is 0. The SMILES string of the molecule is C.C.CC(C)(C)Cc1ccccc1.CC(C)(C)Cc1ccncc1. The lowest BCUT2D eigenvalue weighted by Crippen LogP contribution is -2.08. The van der Waals surface area contributed by atoms with Crippen LogP contribution in [0.4, 0.5) is 0 Å². The molecule has 0 aliphatic heterocycles. The standard InChI is InChI=1S/C11H16.C10H15N.2CH4/c1-11(2,3)9-10-7-5-4-6-8-10;1-10(2,3)8-9-4-6-11-7-5-9;;/h4-8H,9H2,1-3H3;4-7H,8H2,1-3H3;2*1H4. The zero-order valence-electron chi connectivity index (χ0n) is 15.1. The van der Waals surface area contributed by atoms with Crippen LogP contribution >= 0.6 is 0 Å². The van der Waals surface area contributed by atoms with Gasteiger partial charge in [-0.15, -0.1) is 0 Å². The van der Waals surface area contributed by atoms with Crippen LogP contribution in [-0.4, -0.2) is 4.98 Å². The van der Waals surface area contributed by atoms with Gasteiger partial charge in [-0.05, 0) is 46.9 Å². The van der Waals surface area contributed by atoms with Crippen LogP contribution in [0.2, 0.25) is 0 Å². The zero-order chi connectivity index (χ0) is 16.6. The van der Waals surface area contributed by atoms with Crippen molar-refractivity contribution >= 4 is 0 Å². The minimum absolute atomic E-state index is 0. The van der Waals surface area contributed by atoms with Crippen LogP contribution in [0.5, 0.6) is 0 Å². The Bertz CT molecular complexity index is 464. The van der Waals surface area contributed by atoms with Gasteiger partial charge in [0.2, 0.25) is 0 Å². The summed E-state index contributed by atoms with van der Waals surface area (Å²) in [5.41, 5.74) is 3.58. The van der Waals surface area contributed by atoms with Crippen molar-refractivity contribution in [1.82, 2.24) is 4.98 Å². The zero-order valence-corrected chi connectivity index (χ0v) is 15.1. The van der Waals surface area contributed by atoms with Crippen molar-refractivity contribution in [3.63, 3.8) is 0 Å². The number of rotatable bonds is 2. The van der Waals surface area contributed by atoms with Crippen molar-refractivity contribution in [2.75, 3.05) is 0 Å². The number of aromatic nitrogens is 1. The molecular formula is C23H39N. The minimum atomic E-state index is 0. The Hall–Kier alpha value is -1.63. The summed E-state index contributed by atoms with van der Waals surface area (Å²) in [6.45, 7) is 13.5. The summed E-state index contributed by atoms with van der Waals surface area (Å²) in [7, 11) is 0. The van der Waals surface area contributed by atoms with Crippen LogP contribution in [0, 0.1) is 10.8 Å². The van der Waals surface area contributed by atoms with Crippen molar-refractivity contribution in [3.8, 4) is 0 Å². The largest absolute Gasteiger partial charge is 0.265 e. The van der Waals surface area contributed by atoms with Gasteiger partial charge in [0.05, 0.1) is 0 Å². The Kier molecular flexibility index (Phi) is 11.3. The Balaban J connectivity index is 0. The highest BCUT2D eigenvalue weighted by Crippen LogP contribution is 2.20. The highest BCUT2D eigenvalue weighted by Gasteiger charge is 2.10. The lowest BCUT2D eigenvalue weighted by atomic mass is 9.88. The maximum Gasteiger partial charge on any atom is 0.0270 e. The van der Waals surface area contributed by atoms with Crippen LogP contribution in [0.25, 0.3) is 0 Å². The molecule has 1 aromatic heterocycles. The van der Waals surface area contributed by atoms with Crippen LogP contribution in [0.15, 0.2) is 54.9 Å². The Morgan fingerprint density at radius 1 is 0.625 bits per heavy atom. The van der Waals surface area contributed by atoms with Gasteiger partial charge >= 0.3 is 0 Å². The minimum Gasteiger partial charge on any atom is -0.265 e. The summed E-state index contributed by atoms with van der Waals surface area (Å²) in [5, 5.41) is 0. The fourth-order valence-corrected chi connectivity index (χ4v) is 2.32. The molecule has 0 N–H and O–H groups in total. The second-order valence-corrected chi connectivity index (χ2v) is 8.32. The lowest BCUT2D eigenvalue weighted by molar-refractivity contribution is 0.411. The monoisotopic (exact) mass is 329 g/mol. The molecule has 0 saturated carbocycles. The molecule has 0 bridgehead atoms. The topological polar surface area (TPSA) is 12.9 Å². The first-order valence-corrected chi connectivity index (χ1v) is 8.09. The van der Waals surface area contributed by atoms with E-state index in [4.69, 9.17) is 0 Å². The Labute approximate surface area is 151 Å². The van der Waals surface area contributed by atoms with Gasteiger partial charge in [-0.1, -0.05) is 86.7 Å². The van der Waals surface area contributed by atoms with E-state index >= 15 is 0 Å². The van der Waals surface area contributed by atoms with Crippen molar-refractivity contribution in [2.24, 2.45) is 10.8 Å². The number of benzene rings is 1. The smallest absolute Gasteiger partial charge is 0.0270 e. The molecule has 0 amide bonds. The summed E-state index contributed by atoms with van der Waals surface area (Å²) in [6, 6.07) is 14.8. The first-order valence-electron chi connectivity index (χ1n) is 8.09. The van der Waals surface area contributed by atoms with E-state index in [1.165, 1.54) is 11.1 Å². The van der Waals surface area contributed by atoms with Crippen molar-refractivity contribution in [1.29, 1.82) is 0 Å². The second kappa shape index (κ2) is 11.0. The van der Waals surface area contributed by atoms with Gasteiger partial charge in [-0.2, -0.15) is 0 Å². The van der Waals surface area contributed by atoms with Gasteiger partial charge in [0.25, 0.3) is 0 Å². The molecular weight excluding hydrogens is 290 g/mol. The molecule has 136 valence electrons. The molecule has 24 heavy (non-hydrogen) atoms. The van der Waals surface area contributed by atoms with Gasteiger partial charge in [-0.3, -0.25) is 4.98 Å². The van der Waals surface area contributed by atoms with Crippen molar-refractivity contribution < 1.29 is 0 Å². The maximum atomic E-state index is 3.98. The molecule has 0 unspecified atom stereocenters. The molecule has 1 heterocycles. The molecule has 0 fully saturated rings. The van der Waals surface area contributed by atoms with E-state index in [0.29, 0.717) is 10.8 Å². The van der Waals surface area contributed by atoms with E-state index in [1.807, 2.05) is 12.4 Å². The molecule has 0 atom stereocenters. The first kappa shape index (κ1) is 24.6. The van der Waals surface area contributed by atoms with E-state index < -0.39 is 0 Å².